The summed E-state index contributed by atoms with van der Waals surface area (Å²) in [7, 11) is -0.312. The van der Waals surface area contributed by atoms with Crippen molar-refractivity contribution in [3.05, 3.63) is 65.7 Å². The van der Waals surface area contributed by atoms with Gasteiger partial charge in [0.15, 0.2) is 0 Å². The highest BCUT2D eigenvalue weighted by atomic mass is 31.1. The largest absolute Gasteiger partial charge is 0.449 e. The molecule has 0 N–H and O–H groups in total. The maximum absolute atomic E-state index is 13.4. The second kappa shape index (κ2) is 14.1. The molecule has 2 aliphatic rings. The van der Waals surface area contributed by atoms with Gasteiger partial charge in [0.2, 0.25) is 0 Å². The van der Waals surface area contributed by atoms with Gasteiger partial charge in [0, 0.05) is 5.56 Å². The maximum atomic E-state index is 13.4. The van der Waals surface area contributed by atoms with Crippen molar-refractivity contribution in [1.29, 1.82) is 0 Å². The van der Waals surface area contributed by atoms with Crippen LogP contribution in [-0.2, 0) is 4.74 Å². The smallest absolute Gasteiger partial charge is 0.415 e. The van der Waals surface area contributed by atoms with Crippen LogP contribution in [0.25, 0.3) is 0 Å². The van der Waals surface area contributed by atoms with Crippen molar-refractivity contribution in [2.45, 2.75) is 90.3 Å². The molecule has 0 spiro atoms. The van der Waals surface area contributed by atoms with Gasteiger partial charge in [-0.25, -0.2) is 4.79 Å². The van der Waals surface area contributed by atoms with Crippen molar-refractivity contribution in [3.63, 3.8) is 0 Å². The van der Waals surface area contributed by atoms with Gasteiger partial charge in [0.1, 0.15) is 5.84 Å². The van der Waals surface area contributed by atoms with E-state index in [0.29, 0.717) is 19.1 Å². The van der Waals surface area contributed by atoms with Gasteiger partial charge in [0.25, 0.3) is 0 Å². The Balaban J connectivity index is 1.69. The number of carbonyl (C=O) groups is 1. The molecule has 2 aromatic carbocycles. The highest BCUT2D eigenvalue weighted by Crippen LogP contribution is 2.49. The topological polar surface area (TPSA) is 41.9 Å². The average Bonchev–Trinajstić information content (AvgIpc) is 3.38. The molecule has 37 heavy (non-hydrogen) atoms. The number of hydrogen-bond donors (Lipinski definition) is 0. The zero-order valence-electron chi connectivity index (χ0n) is 23.1. The van der Waals surface area contributed by atoms with Gasteiger partial charge >= 0.3 is 6.09 Å². The third-order valence-corrected chi connectivity index (χ3v) is 10.8. The number of hydrogen-bond acceptors (Lipinski definition) is 3. The van der Waals surface area contributed by atoms with E-state index in [0.717, 1.165) is 22.6 Å². The number of carbonyl (C=O) groups excluding carboxylic acids is 1. The van der Waals surface area contributed by atoms with Crippen molar-refractivity contribution < 1.29 is 9.53 Å². The van der Waals surface area contributed by atoms with Crippen LogP contribution in [0.4, 0.5) is 4.79 Å². The van der Waals surface area contributed by atoms with Crippen LogP contribution in [0.5, 0.6) is 0 Å². The van der Waals surface area contributed by atoms with Crippen molar-refractivity contribution in [2.24, 2.45) is 10.9 Å². The van der Waals surface area contributed by atoms with Crippen LogP contribution in [0.2, 0.25) is 0 Å². The van der Waals surface area contributed by atoms with Crippen molar-refractivity contribution in [2.75, 3.05) is 19.3 Å². The Bertz CT molecular complexity index is 1020. The summed E-state index contributed by atoms with van der Waals surface area (Å²) in [6.45, 7) is 7.39. The predicted octanol–water partition coefficient (Wildman–Crippen LogP) is 8.30. The van der Waals surface area contributed by atoms with Crippen LogP contribution >= 0.6 is 7.92 Å². The lowest BCUT2D eigenvalue weighted by Gasteiger charge is -2.33. The van der Waals surface area contributed by atoms with E-state index in [1.165, 1.54) is 69.3 Å². The van der Waals surface area contributed by atoms with E-state index >= 15 is 0 Å². The molecule has 0 saturated heterocycles. The first-order chi connectivity index (χ1) is 18.1. The quantitative estimate of drug-likeness (QED) is 0.221. The Morgan fingerprint density at radius 2 is 1.73 bits per heavy atom. The van der Waals surface area contributed by atoms with E-state index in [9.17, 15) is 4.79 Å². The number of amidine groups is 1. The number of unbranched alkanes of at least 4 members (excludes halogenated alkanes) is 3. The second-order valence-electron chi connectivity index (χ2n) is 11.0. The molecule has 1 saturated carbocycles. The van der Waals surface area contributed by atoms with Crippen LogP contribution in [0, 0.1) is 5.92 Å². The molecule has 0 bridgehead atoms. The fraction of sp³-hybridized carbons (Fsp3) is 0.562. The summed E-state index contributed by atoms with van der Waals surface area (Å²) >= 11 is 0. The molecule has 4 rings (SSSR count). The first-order valence-electron chi connectivity index (χ1n) is 14.5. The summed E-state index contributed by atoms with van der Waals surface area (Å²) in [5, 5.41) is 1.44. The lowest BCUT2D eigenvalue weighted by molar-refractivity contribution is 0.112. The third-order valence-electron chi connectivity index (χ3n) is 7.56. The van der Waals surface area contributed by atoms with Gasteiger partial charge < -0.3 is 4.74 Å². The molecule has 2 atom stereocenters. The highest BCUT2D eigenvalue weighted by Gasteiger charge is 2.35. The zero-order chi connectivity index (χ0) is 26.0. The van der Waals surface area contributed by atoms with E-state index in [1.807, 2.05) is 11.0 Å². The Labute approximate surface area is 225 Å². The fourth-order valence-electron chi connectivity index (χ4n) is 5.58. The van der Waals surface area contributed by atoms with Crippen LogP contribution in [0.15, 0.2) is 59.6 Å². The summed E-state index contributed by atoms with van der Waals surface area (Å²) in [6.07, 6.45) is 13.0. The normalized spacial score (nSPS) is 19.2. The zero-order valence-corrected chi connectivity index (χ0v) is 24.0. The monoisotopic (exact) mass is 520 g/mol. The van der Waals surface area contributed by atoms with Gasteiger partial charge in [-0.3, -0.25) is 9.89 Å². The van der Waals surface area contributed by atoms with E-state index < -0.39 is 0 Å². The Morgan fingerprint density at radius 3 is 2.46 bits per heavy atom. The van der Waals surface area contributed by atoms with Crippen LogP contribution in [-0.4, -0.2) is 41.8 Å². The van der Waals surface area contributed by atoms with Crippen LogP contribution in [0.3, 0.4) is 0 Å². The lowest BCUT2D eigenvalue weighted by atomic mass is 10.0. The number of rotatable bonds is 11. The van der Waals surface area contributed by atoms with E-state index in [-0.39, 0.29) is 20.1 Å². The molecule has 1 aliphatic heterocycles. The number of nitrogens with zero attached hydrogens (tertiary/aromatic N) is 2. The minimum atomic E-state index is -0.312. The van der Waals surface area contributed by atoms with Gasteiger partial charge in [-0.15, -0.1) is 0 Å². The summed E-state index contributed by atoms with van der Waals surface area (Å²) in [5.74, 6) is 1.10. The van der Waals surface area contributed by atoms with E-state index in [4.69, 9.17) is 9.73 Å². The lowest BCUT2D eigenvalue weighted by Crippen LogP contribution is -2.38. The minimum Gasteiger partial charge on any atom is -0.449 e. The minimum absolute atomic E-state index is 0.0682. The Morgan fingerprint density at radius 1 is 1.00 bits per heavy atom. The Hall–Kier alpha value is -2.19. The SMILES string of the molecule is CCCCCCP(c1ccccc1C1=NC(c2ccccc2)CN1C(=O)OCC(C)C)C1CCCCC1. The number of ether oxygens (including phenoxy) is 1. The molecular weight excluding hydrogens is 475 g/mol. The van der Waals surface area contributed by atoms with Crippen LogP contribution in [0.1, 0.15) is 95.7 Å². The number of aliphatic imine (C=N–C) groups is 1. The third kappa shape index (κ3) is 7.44. The van der Waals surface area contributed by atoms with Crippen molar-refractivity contribution >= 4 is 25.2 Å². The molecule has 0 radical (unpaired) electrons. The van der Waals surface area contributed by atoms with Gasteiger partial charge in [-0.2, -0.15) is 0 Å². The van der Waals surface area contributed by atoms with E-state index in [1.54, 1.807) is 0 Å². The number of amides is 1. The standard InChI is InChI=1S/C32H45N2O2P/c1-4-5-6-15-22-37(27-18-11-8-12-19-27)30-21-14-13-20-28(30)31-33-29(26-16-9-7-10-17-26)23-34(31)32(35)36-24-25(2)3/h7,9-10,13-14,16-17,20-21,25,27,29H,4-6,8,11-12,15,18-19,22-24H2,1-3H3. The molecule has 0 aromatic heterocycles. The highest BCUT2D eigenvalue weighted by molar-refractivity contribution is 7.66. The molecule has 4 nitrogen and oxygen atoms in total. The predicted molar refractivity (Wildman–Crippen MR) is 157 cm³/mol. The second-order valence-corrected chi connectivity index (χ2v) is 13.6. The summed E-state index contributed by atoms with van der Waals surface area (Å²) in [4.78, 5) is 20.4. The summed E-state index contributed by atoms with van der Waals surface area (Å²) in [6, 6.07) is 19.1. The first kappa shape index (κ1) is 27.8. The molecule has 2 unspecified atom stereocenters. The van der Waals surface area contributed by atoms with Crippen molar-refractivity contribution in [1.82, 2.24) is 4.90 Å². The molecule has 1 aliphatic carbocycles. The van der Waals surface area contributed by atoms with E-state index in [2.05, 4.69) is 69.3 Å². The van der Waals surface area contributed by atoms with Crippen LogP contribution < -0.4 is 5.30 Å². The first-order valence-corrected chi connectivity index (χ1v) is 16.1. The molecule has 200 valence electrons. The molecule has 1 heterocycles. The number of benzene rings is 2. The van der Waals surface area contributed by atoms with Gasteiger partial charge in [-0.1, -0.05) is 122 Å². The summed E-state index contributed by atoms with van der Waals surface area (Å²) < 4.78 is 5.74. The summed E-state index contributed by atoms with van der Waals surface area (Å²) in [5.41, 5.74) is 3.07. The fourth-order valence-corrected chi connectivity index (χ4v) is 8.89. The van der Waals surface area contributed by atoms with Gasteiger partial charge in [0.05, 0.1) is 19.2 Å². The molecule has 1 fully saturated rings. The van der Waals surface area contributed by atoms with Crippen molar-refractivity contribution in [3.8, 4) is 0 Å². The Kier molecular flexibility index (Phi) is 10.6. The molecule has 5 heteroatoms. The van der Waals surface area contributed by atoms with Gasteiger partial charge in [-0.05, 0) is 47.9 Å². The molecular formula is C32H45N2O2P. The molecule has 1 amide bonds. The average molecular weight is 521 g/mol. The maximum Gasteiger partial charge on any atom is 0.415 e. The molecule has 2 aromatic rings.